The molecule has 2 aromatic rings. The predicted molar refractivity (Wildman–Crippen MR) is 81.6 cm³/mol. The minimum atomic E-state index is -3.79. The maximum atomic E-state index is 12.0. The average molecular weight is 375 g/mol. The highest BCUT2D eigenvalue weighted by molar-refractivity contribution is 9.10. The summed E-state index contributed by atoms with van der Waals surface area (Å²) >= 11 is 3.20. The minimum Gasteiger partial charge on any atom is -0.321 e. The Morgan fingerprint density at radius 3 is 2.30 bits per heavy atom. The Morgan fingerprint density at radius 1 is 1.10 bits per heavy atom. The Balaban J connectivity index is 2.25. The monoisotopic (exact) mass is 373 g/mol. The van der Waals surface area contributed by atoms with Gasteiger partial charge in [-0.25, -0.2) is 8.42 Å². The third-order valence-electron chi connectivity index (χ3n) is 2.51. The number of hydrogen-bond donors (Lipinski definition) is 1. The summed E-state index contributed by atoms with van der Waals surface area (Å²) in [6, 6.07) is 12.8. The van der Waals surface area contributed by atoms with Crippen LogP contribution in [-0.4, -0.2) is 14.3 Å². The van der Waals surface area contributed by atoms with Crippen LogP contribution in [0.2, 0.25) is 0 Å². The standard InChI is InChI=1S/C13H9BrClNO3S/c14-11-8-10(20(15,18)19)6-7-12(11)16-13(17)9-4-2-1-3-5-9/h1-8H,(H,16,17). The van der Waals surface area contributed by atoms with E-state index in [9.17, 15) is 13.2 Å². The quantitative estimate of drug-likeness (QED) is 0.835. The SMILES string of the molecule is O=C(Nc1ccc(S(=O)(=O)Cl)cc1Br)c1ccccc1. The molecule has 0 spiro atoms. The minimum absolute atomic E-state index is 0.0382. The van der Waals surface area contributed by atoms with Crippen molar-refractivity contribution in [3.63, 3.8) is 0 Å². The fourth-order valence-corrected chi connectivity index (χ4v) is 2.94. The normalized spacial score (nSPS) is 11.1. The molecule has 20 heavy (non-hydrogen) atoms. The van der Waals surface area contributed by atoms with E-state index in [2.05, 4.69) is 21.2 Å². The number of hydrogen-bond acceptors (Lipinski definition) is 3. The van der Waals surface area contributed by atoms with E-state index in [0.29, 0.717) is 15.7 Å². The molecule has 0 bridgehead atoms. The number of carbonyl (C=O) groups excluding carboxylic acids is 1. The molecule has 0 saturated heterocycles. The molecule has 0 heterocycles. The second-order valence-corrected chi connectivity index (χ2v) is 7.32. The first-order valence-corrected chi connectivity index (χ1v) is 8.59. The van der Waals surface area contributed by atoms with E-state index in [0.717, 1.165) is 0 Å². The highest BCUT2D eigenvalue weighted by Crippen LogP contribution is 2.27. The van der Waals surface area contributed by atoms with Gasteiger partial charge in [0.15, 0.2) is 0 Å². The molecule has 0 aliphatic rings. The van der Waals surface area contributed by atoms with Gasteiger partial charge in [0, 0.05) is 20.7 Å². The van der Waals surface area contributed by atoms with Gasteiger partial charge < -0.3 is 5.32 Å². The molecule has 0 saturated carbocycles. The van der Waals surface area contributed by atoms with Crippen molar-refractivity contribution >= 4 is 47.3 Å². The van der Waals surface area contributed by atoms with Crippen molar-refractivity contribution in [3.05, 3.63) is 58.6 Å². The molecule has 0 fully saturated rings. The van der Waals surface area contributed by atoms with Gasteiger partial charge in [0.1, 0.15) is 0 Å². The summed E-state index contributed by atoms with van der Waals surface area (Å²) in [6.45, 7) is 0. The van der Waals surface area contributed by atoms with E-state index in [1.807, 2.05) is 6.07 Å². The van der Waals surface area contributed by atoms with Crippen LogP contribution in [0.1, 0.15) is 10.4 Å². The van der Waals surface area contributed by atoms with Gasteiger partial charge in [-0.3, -0.25) is 4.79 Å². The lowest BCUT2D eigenvalue weighted by Gasteiger charge is -2.08. The lowest BCUT2D eigenvalue weighted by atomic mass is 10.2. The van der Waals surface area contributed by atoms with Gasteiger partial charge in [0.05, 0.1) is 10.6 Å². The van der Waals surface area contributed by atoms with Crippen molar-refractivity contribution in [3.8, 4) is 0 Å². The number of anilines is 1. The number of nitrogens with one attached hydrogen (secondary N) is 1. The maximum absolute atomic E-state index is 12.0. The fourth-order valence-electron chi connectivity index (χ4n) is 1.53. The van der Waals surface area contributed by atoms with E-state index in [1.54, 1.807) is 24.3 Å². The van der Waals surface area contributed by atoms with Crippen molar-refractivity contribution in [2.75, 3.05) is 5.32 Å². The van der Waals surface area contributed by atoms with Crippen molar-refractivity contribution in [1.29, 1.82) is 0 Å². The van der Waals surface area contributed by atoms with Crippen LogP contribution in [0.4, 0.5) is 5.69 Å². The third-order valence-corrected chi connectivity index (χ3v) is 4.51. The Hall–Kier alpha value is -1.37. The molecule has 0 aromatic heterocycles. The molecule has 0 radical (unpaired) electrons. The Labute approximate surface area is 129 Å². The molecular formula is C13H9BrClNO3S. The van der Waals surface area contributed by atoms with E-state index in [1.165, 1.54) is 18.2 Å². The molecule has 0 aliphatic heterocycles. The number of carbonyl (C=O) groups is 1. The lowest BCUT2D eigenvalue weighted by Crippen LogP contribution is -2.12. The summed E-state index contributed by atoms with van der Waals surface area (Å²) < 4.78 is 22.8. The smallest absolute Gasteiger partial charge is 0.261 e. The van der Waals surface area contributed by atoms with Gasteiger partial charge >= 0.3 is 0 Å². The second-order valence-electron chi connectivity index (χ2n) is 3.90. The number of amides is 1. The van der Waals surface area contributed by atoms with Gasteiger partial charge in [-0.2, -0.15) is 0 Å². The highest BCUT2D eigenvalue weighted by atomic mass is 79.9. The van der Waals surface area contributed by atoms with Gasteiger partial charge in [-0.05, 0) is 46.3 Å². The average Bonchev–Trinajstić information content (AvgIpc) is 2.41. The first kappa shape index (κ1) is 15.0. The van der Waals surface area contributed by atoms with Crippen molar-refractivity contribution in [2.45, 2.75) is 4.90 Å². The molecule has 2 aromatic carbocycles. The van der Waals surface area contributed by atoms with Gasteiger partial charge in [0.2, 0.25) is 0 Å². The Morgan fingerprint density at radius 2 is 1.75 bits per heavy atom. The van der Waals surface area contributed by atoms with E-state index < -0.39 is 9.05 Å². The van der Waals surface area contributed by atoms with Crippen LogP contribution >= 0.6 is 26.6 Å². The zero-order valence-electron chi connectivity index (χ0n) is 10.0. The summed E-state index contributed by atoms with van der Waals surface area (Å²) in [7, 11) is 1.46. The van der Waals surface area contributed by atoms with Crippen LogP contribution in [0.5, 0.6) is 0 Å². The largest absolute Gasteiger partial charge is 0.321 e. The Kier molecular flexibility index (Phi) is 4.47. The molecule has 0 atom stereocenters. The molecule has 0 unspecified atom stereocenters. The van der Waals surface area contributed by atoms with Crippen LogP contribution in [0.25, 0.3) is 0 Å². The molecule has 104 valence electrons. The molecule has 4 nitrogen and oxygen atoms in total. The Bertz CT molecular complexity index is 747. The third kappa shape index (κ3) is 3.59. The fraction of sp³-hybridized carbons (Fsp3) is 0. The first-order chi connectivity index (χ1) is 9.38. The van der Waals surface area contributed by atoms with Crippen LogP contribution in [0, 0.1) is 0 Å². The number of rotatable bonds is 3. The molecule has 7 heteroatoms. The highest BCUT2D eigenvalue weighted by Gasteiger charge is 2.13. The topological polar surface area (TPSA) is 63.2 Å². The summed E-state index contributed by atoms with van der Waals surface area (Å²) in [5, 5.41) is 2.68. The van der Waals surface area contributed by atoms with Gasteiger partial charge in [-0.1, -0.05) is 18.2 Å². The summed E-state index contributed by atoms with van der Waals surface area (Å²) in [4.78, 5) is 11.9. The summed E-state index contributed by atoms with van der Waals surface area (Å²) in [5.41, 5.74) is 0.969. The van der Waals surface area contributed by atoms with Gasteiger partial charge in [0.25, 0.3) is 15.0 Å². The first-order valence-electron chi connectivity index (χ1n) is 5.48. The molecule has 1 amide bonds. The van der Waals surface area contributed by atoms with Crippen LogP contribution in [0.3, 0.4) is 0 Å². The lowest BCUT2D eigenvalue weighted by molar-refractivity contribution is 0.102. The maximum Gasteiger partial charge on any atom is 0.261 e. The molecule has 0 aliphatic carbocycles. The number of halogens is 2. The zero-order valence-corrected chi connectivity index (χ0v) is 13.2. The summed E-state index contributed by atoms with van der Waals surface area (Å²) in [5.74, 6) is -0.284. The molecule has 1 N–H and O–H groups in total. The number of benzene rings is 2. The van der Waals surface area contributed by atoms with E-state index >= 15 is 0 Å². The van der Waals surface area contributed by atoms with Crippen LogP contribution in [0.15, 0.2) is 57.9 Å². The van der Waals surface area contributed by atoms with Crippen molar-refractivity contribution < 1.29 is 13.2 Å². The second kappa shape index (κ2) is 5.95. The van der Waals surface area contributed by atoms with E-state index in [4.69, 9.17) is 10.7 Å². The van der Waals surface area contributed by atoms with Crippen LogP contribution < -0.4 is 5.32 Å². The van der Waals surface area contributed by atoms with Crippen molar-refractivity contribution in [1.82, 2.24) is 0 Å². The van der Waals surface area contributed by atoms with Crippen LogP contribution in [-0.2, 0) is 9.05 Å². The molecular weight excluding hydrogens is 366 g/mol. The predicted octanol–water partition coefficient (Wildman–Crippen LogP) is 3.63. The summed E-state index contributed by atoms with van der Waals surface area (Å²) in [6.07, 6.45) is 0. The van der Waals surface area contributed by atoms with Gasteiger partial charge in [-0.15, -0.1) is 0 Å². The van der Waals surface area contributed by atoms with Crippen molar-refractivity contribution in [2.24, 2.45) is 0 Å². The van der Waals surface area contributed by atoms with E-state index in [-0.39, 0.29) is 10.8 Å². The zero-order chi connectivity index (χ0) is 14.8. The molecule has 2 rings (SSSR count).